The number of nitrogens with one attached hydrogen (secondary N) is 1. The van der Waals surface area contributed by atoms with Gasteiger partial charge in [-0.1, -0.05) is 18.6 Å². The van der Waals surface area contributed by atoms with Crippen molar-refractivity contribution in [3.8, 4) is 0 Å². The van der Waals surface area contributed by atoms with E-state index < -0.39 is 0 Å². The summed E-state index contributed by atoms with van der Waals surface area (Å²) in [6, 6.07) is 8.88. The monoisotopic (exact) mass is 271 g/mol. The second-order valence-electron chi connectivity index (χ2n) is 5.85. The number of hydrogen-bond acceptors (Lipinski definition) is 2. The maximum atomic E-state index is 3.61. The van der Waals surface area contributed by atoms with Gasteiger partial charge in [0.05, 0.1) is 0 Å². The smallest absolute Gasteiger partial charge is 0.0347 e. The van der Waals surface area contributed by atoms with Crippen LogP contribution in [0.1, 0.15) is 26.7 Å². The Morgan fingerprint density at radius 1 is 1.32 bits per heavy atom. The lowest BCUT2D eigenvalue weighted by Crippen LogP contribution is -2.20. The molecule has 0 aliphatic heterocycles. The van der Waals surface area contributed by atoms with E-state index in [1.807, 2.05) is 11.3 Å². The molecule has 19 heavy (non-hydrogen) atoms. The second kappa shape index (κ2) is 5.38. The summed E-state index contributed by atoms with van der Waals surface area (Å²) in [6.07, 6.45) is 4.98. The number of anilines is 1. The van der Waals surface area contributed by atoms with Crippen LogP contribution in [0.3, 0.4) is 0 Å². The van der Waals surface area contributed by atoms with Crippen LogP contribution in [0.2, 0.25) is 0 Å². The molecule has 1 nitrogen and oxygen atoms in total. The minimum absolute atomic E-state index is 0.736. The van der Waals surface area contributed by atoms with Crippen LogP contribution in [-0.4, -0.2) is 6.54 Å². The van der Waals surface area contributed by atoms with Crippen LogP contribution in [0.15, 0.2) is 41.3 Å². The molecule has 0 amide bonds. The summed E-state index contributed by atoms with van der Waals surface area (Å²) in [5.41, 5.74) is 2.81. The summed E-state index contributed by atoms with van der Waals surface area (Å²) in [6.45, 7) is 5.68. The minimum atomic E-state index is 0.736. The lowest BCUT2D eigenvalue weighted by atomic mass is 9.84. The third-order valence-electron chi connectivity index (χ3n) is 3.93. The quantitative estimate of drug-likeness (QED) is 0.746. The molecule has 2 aromatic rings. The first-order valence-electron chi connectivity index (χ1n) is 7.09. The van der Waals surface area contributed by atoms with Crippen LogP contribution in [-0.2, 0) is 0 Å². The van der Waals surface area contributed by atoms with Gasteiger partial charge in [-0.05, 0) is 66.6 Å². The molecule has 2 unspecified atom stereocenters. The average Bonchev–Trinajstić information content (AvgIpc) is 2.82. The molecule has 1 N–H and O–H groups in total. The van der Waals surface area contributed by atoms with Gasteiger partial charge in [0.25, 0.3) is 0 Å². The fourth-order valence-electron chi connectivity index (χ4n) is 3.18. The van der Waals surface area contributed by atoms with Gasteiger partial charge < -0.3 is 5.32 Å². The molecular weight excluding hydrogens is 250 g/mol. The minimum Gasteiger partial charge on any atom is -0.385 e. The summed E-state index contributed by atoms with van der Waals surface area (Å²) in [4.78, 5) is 0. The van der Waals surface area contributed by atoms with E-state index in [-0.39, 0.29) is 0 Å². The summed E-state index contributed by atoms with van der Waals surface area (Å²) in [5, 5.41) is 7.12. The Hall–Kier alpha value is -1.28. The maximum Gasteiger partial charge on any atom is 0.0347 e. The van der Waals surface area contributed by atoms with Crippen LogP contribution in [0.5, 0.6) is 0 Å². The highest BCUT2D eigenvalue weighted by atomic mass is 32.1. The zero-order chi connectivity index (χ0) is 13.2. The van der Waals surface area contributed by atoms with Gasteiger partial charge in [-0.3, -0.25) is 0 Å². The number of fused-ring (bicyclic) bond motifs is 1. The second-order valence-corrected chi connectivity index (χ2v) is 6.80. The highest BCUT2D eigenvalue weighted by molar-refractivity contribution is 7.17. The molecule has 0 radical (unpaired) electrons. The predicted octanol–water partition coefficient (Wildman–Crippen LogP) is 5.31. The van der Waals surface area contributed by atoms with Crippen LogP contribution in [0.4, 0.5) is 5.69 Å². The zero-order valence-corrected chi connectivity index (χ0v) is 12.5. The average molecular weight is 271 g/mol. The fourth-order valence-corrected chi connectivity index (χ4v) is 3.95. The molecule has 1 heterocycles. The van der Waals surface area contributed by atoms with Gasteiger partial charge in [0.1, 0.15) is 0 Å². The van der Waals surface area contributed by atoms with Crippen molar-refractivity contribution in [2.75, 3.05) is 11.9 Å². The topological polar surface area (TPSA) is 12.0 Å². The molecule has 0 saturated carbocycles. The number of hydrogen-bond donors (Lipinski definition) is 1. The largest absolute Gasteiger partial charge is 0.385 e. The molecular formula is C17H21NS. The summed E-state index contributed by atoms with van der Waals surface area (Å²) in [5.74, 6) is 1.51. The molecule has 1 aliphatic rings. The van der Waals surface area contributed by atoms with E-state index in [0.717, 1.165) is 18.4 Å². The Bertz CT molecular complexity index is 596. The van der Waals surface area contributed by atoms with Crippen molar-refractivity contribution in [1.29, 1.82) is 0 Å². The zero-order valence-electron chi connectivity index (χ0n) is 11.6. The lowest BCUT2D eigenvalue weighted by Gasteiger charge is -2.26. The van der Waals surface area contributed by atoms with E-state index in [9.17, 15) is 0 Å². The van der Waals surface area contributed by atoms with Gasteiger partial charge in [-0.25, -0.2) is 0 Å². The maximum absolute atomic E-state index is 3.61. The summed E-state index contributed by atoms with van der Waals surface area (Å²) in [7, 11) is 0. The van der Waals surface area contributed by atoms with Crippen molar-refractivity contribution < 1.29 is 0 Å². The van der Waals surface area contributed by atoms with E-state index >= 15 is 0 Å². The SMILES string of the molecule is CC1=CC(C)CC(CNc2ccc3sccc3c2)C1. The molecule has 100 valence electrons. The Kier molecular flexibility index (Phi) is 3.61. The first-order valence-corrected chi connectivity index (χ1v) is 7.97. The first kappa shape index (κ1) is 12.7. The van der Waals surface area contributed by atoms with Crippen molar-refractivity contribution >= 4 is 27.1 Å². The third-order valence-corrected chi connectivity index (χ3v) is 4.83. The molecule has 1 aliphatic carbocycles. The number of allylic oxidation sites excluding steroid dienone is 2. The van der Waals surface area contributed by atoms with Crippen LogP contribution in [0.25, 0.3) is 10.1 Å². The van der Waals surface area contributed by atoms with Gasteiger partial charge in [0, 0.05) is 16.9 Å². The van der Waals surface area contributed by atoms with Crippen molar-refractivity contribution in [3.05, 3.63) is 41.3 Å². The van der Waals surface area contributed by atoms with Crippen molar-refractivity contribution in [1.82, 2.24) is 0 Å². The molecule has 2 atom stereocenters. The molecule has 0 saturated heterocycles. The van der Waals surface area contributed by atoms with E-state index in [1.54, 1.807) is 5.57 Å². The van der Waals surface area contributed by atoms with E-state index in [0.29, 0.717) is 0 Å². The number of benzene rings is 1. The molecule has 0 bridgehead atoms. The Morgan fingerprint density at radius 2 is 2.21 bits per heavy atom. The normalized spacial score (nSPS) is 23.4. The van der Waals surface area contributed by atoms with E-state index in [4.69, 9.17) is 0 Å². The van der Waals surface area contributed by atoms with Crippen LogP contribution >= 0.6 is 11.3 Å². The lowest BCUT2D eigenvalue weighted by molar-refractivity contribution is 0.421. The van der Waals surface area contributed by atoms with Gasteiger partial charge in [-0.15, -0.1) is 11.3 Å². The Labute approximate surface area is 119 Å². The standard InChI is InChI=1S/C17H21NS/c1-12-7-13(2)9-14(8-12)11-18-16-3-4-17-15(10-16)5-6-19-17/h3-7,10,12,14,18H,8-9,11H2,1-2H3. The van der Waals surface area contributed by atoms with E-state index in [1.165, 1.54) is 28.6 Å². The number of thiophene rings is 1. The van der Waals surface area contributed by atoms with Gasteiger partial charge in [0.2, 0.25) is 0 Å². The highest BCUT2D eigenvalue weighted by Crippen LogP contribution is 2.29. The van der Waals surface area contributed by atoms with Crippen LogP contribution in [0, 0.1) is 11.8 Å². The summed E-state index contributed by atoms with van der Waals surface area (Å²) < 4.78 is 1.37. The Morgan fingerprint density at radius 3 is 3.05 bits per heavy atom. The third kappa shape index (κ3) is 3.01. The molecule has 1 aromatic heterocycles. The first-order chi connectivity index (χ1) is 9.20. The predicted molar refractivity (Wildman–Crippen MR) is 86.0 cm³/mol. The van der Waals surface area contributed by atoms with Crippen molar-refractivity contribution in [2.24, 2.45) is 11.8 Å². The van der Waals surface area contributed by atoms with Gasteiger partial charge in [0.15, 0.2) is 0 Å². The molecule has 1 aromatic carbocycles. The molecule has 0 fully saturated rings. The van der Waals surface area contributed by atoms with Crippen molar-refractivity contribution in [2.45, 2.75) is 26.7 Å². The summed E-state index contributed by atoms with van der Waals surface area (Å²) >= 11 is 1.81. The number of rotatable bonds is 3. The van der Waals surface area contributed by atoms with Crippen LogP contribution < -0.4 is 5.32 Å². The van der Waals surface area contributed by atoms with Gasteiger partial charge >= 0.3 is 0 Å². The molecule has 2 heteroatoms. The van der Waals surface area contributed by atoms with Gasteiger partial charge in [-0.2, -0.15) is 0 Å². The fraction of sp³-hybridized carbons (Fsp3) is 0.412. The Balaban J connectivity index is 1.64. The molecule has 0 spiro atoms. The van der Waals surface area contributed by atoms with E-state index in [2.05, 4.69) is 54.9 Å². The molecule has 3 rings (SSSR count). The van der Waals surface area contributed by atoms with Crippen molar-refractivity contribution in [3.63, 3.8) is 0 Å². The highest BCUT2D eigenvalue weighted by Gasteiger charge is 2.17.